The summed E-state index contributed by atoms with van der Waals surface area (Å²) in [5, 5.41) is 10.8. The van der Waals surface area contributed by atoms with E-state index >= 15 is 0 Å². The number of halogens is 1. The average Bonchev–Trinajstić information content (AvgIpc) is 2.88. The van der Waals surface area contributed by atoms with Crippen molar-refractivity contribution in [3.63, 3.8) is 0 Å². The minimum absolute atomic E-state index is 0. The fourth-order valence-electron chi connectivity index (χ4n) is 1.28. The van der Waals surface area contributed by atoms with Crippen molar-refractivity contribution in [3.8, 4) is 0 Å². The molecule has 3 heteroatoms. The van der Waals surface area contributed by atoms with Crippen LogP contribution in [0.3, 0.4) is 0 Å². The molecule has 1 aliphatic rings. The molecule has 0 aliphatic heterocycles. The van der Waals surface area contributed by atoms with E-state index in [0.29, 0.717) is 0 Å². The van der Waals surface area contributed by atoms with Crippen molar-refractivity contribution in [2.45, 2.75) is 20.3 Å². The molecule has 0 fully saturated rings. The molecule has 0 saturated heterocycles. The summed E-state index contributed by atoms with van der Waals surface area (Å²) >= 11 is 3.28. The maximum Gasteiger partial charge on any atom is 2.00 e. The number of hydrogen-bond donors (Lipinski definition) is 0. The maximum atomic E-state index is 10.8. The van der Waals surface area contributed by atoms with E-state index < -0.39 is 0 Å². The Kier molecular flexibility index (Phi) is 8.15. The van der Waals surface area contributed by atoms with Crippen LogP contribution in [-0.2, 0) is 17.1 Å². The van der Waals surface area contributed by atoms with Gasteiger partial charge in [0.2, 0.25) is 0 Å². The van der Waals surface area contributed by atoms with Crippen LogP contribution in [0.1, 0.15) is 20.3 Å². The van der Waals surface area contributed by atoms with Crippen LogP contribution in [0.25, 0.3) is 0 Å². The van der Waals surface area contributed by atoms with Crippen molar-refractivity contribution in [1.82, 2.24) is 0 Å². The molecule has 1 aromatic rings. The molecule has 0 unspecified atom stereocenters. The third-order valence-corrected chi connectivity index (χ3v) is 2.78. The predicted octanol–water partition coefficient (Wildman–Crippen LogP) is 3.69. The van der Waals surface area contributed by atoms with Gasteiger partial charge in [-0.15, -0.1) is 10.2 Å². The topological polar surface area (TPSA) is 23.1 Å². The summed E-state index contributed by atoms with van der Waals surface area (Å²) in [6.45, 7) is 3.67. The van der Waals surface area contributed by atoms with Gasteiger partial charge in [0.1, 0.15) is 0 Å². The van der Waals surface area contributed by atoms with E-state index in [0.717, 1.165) is 16.5 Å². The summed E-state index contributed by atoms with van der Waals surface area (Å²) in [5.41, 5.74) is 2.07. The molecule has 92 valence electrons. The Hall–Kier alpha value is -0.631. The second-order valence-electron chi connectivity index (χ2n) is 3.52. The summed E-state index contributed by atoms with van der Waals surface area (Å²) < 4.78 is 1.16. The van der Waals surface area contributed by atoms with Gasteiger partial charge >= 0.3 is 17.1 Å². The molecule has 17 heavy (non-hydrogen) atoms. The Morgan fingerprint density at radius 1 is 1.41 bits per heavy atom. The first-order chi connectivity index (χ1) is 7.63. The van der Waals surface area contributed by atoms with Crippen LogP contribution in [-0.4, -0.2) is 0 Å². The van der Waals surface area contributed by atoms with Gasteiger partial charge in [-0.3, -0.25) is 0 Å². The van der Waals surface area contributed by atoms with E-state index in [1.165, 1.54) is 5.57 Å². The molecule has 0 spiro atoms. The molecule has 0 saturated carbocycles. The van der Waals surface area contributed by atoms with Gasteiger partial charge in [0, 0.05) is 0 Å². The smallest absolute Gasteiger partial charge is 0.875 e. The summed E-state index contributed by atoms with van der Waals surface area (Å²) in [6, 6.07) is 7.98. The molecule has 0 atom stereocenters. The van der Waals surface area contributed by atoms with Crippen LogP contribution in [0.4, 0.5) is 0 Å². The van der Waals surface area contributed by atoms with Crippen molar-refractivity contribution >= 4 is 15.9 Å². The minimum atomic E-state index is 0. The van der Waals surface area contributed by atoms with Crippen LogP contribution in [0.2, 0.25) is 0 Å². The van der Waals surface area contributed by atoms with E-state index in [1.807, 2.05) is 42.5 Å². The van der Waals surface area contributed by atoms with E-state index in [9.17, 15) is 5.11 Å². The standard InChI is InChI=1S/C9H12O.C5H4Br.Fe/c1-3-8-4-5-9(6-8)7(2)10;6-5-3-1-2-4-5;/h4-6,10H,3H2,1-2H3;1-4H;/q;-1;+2/p-1. The number of allylic oxidation sites excluding steroid dienone is 6. The van der Waals surface area contributed by atoms with Crippen LogP contribution in [0.15, 0.2) is 63.9 Å². The third-order valence-electron chi connectivity index (χ3n) is 2.25. The molecule has 1 nitrogen and oxygen atoms in total. The van der Waals surface area contributed by atoms with Gasteiger partial charge in [0.05, 0.1) is 0 Å². The Balaban J connectivity index is 0.000000316. The van der Waals surface area contributed by atoms with Gasteiger partial charge in [-0.1, -0.05) is 48.0 Å². The normalized spacial score (nSPS) is 15.6. The van der Waals surface area contributed by atoms with Crippen molar-refractivity contribution in [3.05, 3.63) is 63.9 Å². The molecular weight excluding hydrogens is 320 g/mol. The van der Waals surface area contributed by atoms with Crippen LogP contribution in [0.5, 0.6) is 0 Å². The van der Waals surface area contributed by atoms with Gasteiger partial charge < -0.3 is 5.11 Å². The molecular formula is C14H15BrFeO. The first-order valence-corrected chi connectivity index (χ1v) is 6.06. The summed E-state index contributed by atoms with van der Waals surface area (Å²) in [7, 11) is 0. The summed E-state index contributed by atoms with van der Waals surface area (Å²) in [5.74, 6) is 0.153. The first kappa shape index (κ1) is 16.4. The second-order valence-corrected chi connectivity index (χ2v) is 4.44. The van der Waals surface area contributed by atoms with Gasteiger partial charge in [-0.25, -0.2) is 6.07 Å². The van der Waals surface area contributed by atoms with E-state index in [2.05, 4.69) is 22.9 Å². The number of rotatable bonds is 1. The zero-order valence-electron chi connectivity index (χ0n) is 9.89. The van der Waals surface area contributed by atoms with Gasteiger partial charge in [0.15, 0.2) is 0 Å². The van der Waals surface area contributed by atoms with E-state index in [-0.39, 0.29) is 22.8 Å². The first-order valence-electron chi connectivity index (χ1n) is 5.27. The molecule has 1 aliphatic carbocycles. The molecule has 0 heterocycles. The van der Waals surface area contributed by atoms with Crippen molar-refractivity contribution in [1.29, 1.82) is 0 Å². The molecule has 0 amide bonds. The van der Waals surface area contributed by atoms with Crippen molar-refractivity contribution in [2.75, 3.05) is 0 Å². The van der Waals surface area contributed by atoms with Crippen LogP contribution in [0, 0.1) is 0 Å². The Morgan fingerprint density at radius 2 is 2.12 bits per heavy atom. The van der Waals surface area contributed by atoms with Crippen molar-refractivity contribution < 1.29 is 22.2 Å². The van der Waals surface area contributed by atoms with E-state index in [4.69, 9.17) is 0 Å². The zero-order valence-corrected chi connectivity index (χ0v) is 12.6. The molecule has 0 bridgehead atoms. The summed E-state index contributed by atoms with van der Waals surface area (Å²) in [6.07, 6.45) is 6.83. The minimum Gasteiger partial charge on any atom is -0.875 e. The fraction of sp³-hybridized carbons (Fsp3) is 0.214. The Bertz CT molecular complexity index is 409. The monoisotopic (exact) mass is 334 g/mol. The molecule has 2 rings (SSSR count). The largest absolute Gasteiger partial charge is 2.00 e. The molecule has 0 radical (unpaired) electrons. The third kappa shape index (κ3) is 6.02. The van der Waals surface area contributed by atoms with Gasteiger partial charge in [-0.05, 0) is 17.6 Å². The van der Waals surface area contributed by atoms with Gasteiger partial charge in [0.25, 0.3) is 0 Å². The fourth-order valence-corrected chi connectivity index (χ4v) is 1.59. The Morgan fingerprint density at radius 3 is 2.35 bits per heavy atom. The second kappa shape index (κ2) is 8.46. The Labute approximate surface area is 122 Å². The van der Waals surface area contributed by atoms with Gasteiger partial charge in [-0.2, -0.15) is 18.2 Å². The summed E-state index contributed by atoms with van der Waals surface area (Å²) in [4.78, 5) is 0. The molecule has 0 aromatic heterocycles. The quantitative estimate of drug-likeness (QED) is 0.436. The van der Waals surface area contributed by atoms with Crippen LogP contribution >= 0.6 is 15.9 Å². The van der Waals surface area contributed by atoms with Crippen molar-refractivity contribution in [2.24, 2.45) is 0 Å². The SMILES string of the molecule is Brc1ccc[cH-]1.CCC1=CC(=C(C)[O-])C=C1.[Fe+2]. The van der Waals surface area contributed by atoms with E-state index in [1.54, 1.807) is 6.92 Å². The molecule has 1 aromatic carbocycles. The predicted molar refractivity (Wildman–Crippen MR) is 69.9 cm³/mol. The number of hydrogen-bond acceptors (Lipinski definition) is 1. The van der Waals surface area contributed by atoms with Crippen LogP contribution < -0.4 is 5.11 Å². The zero-order chi connectivity index (χ0) is 12.0. The maximum absolute atomic E-state index is 10.8. The molecule has 0 N–H and O–H groups in total. The average molecular weight is 335 g/mol.